The molecule has 0 aromatic carbocycles. The molecule has 0 bridgehead atoms. The van der Waals surface area contributed by atoms with Gasteiger partial charge in [-0.05, 0) is 59.9 Å². The Kier molecular flexibility index (Phi) is 7.68. The third-order valence-corrected chi connectivity index (χ3v) is 2.42. The topological polar surface area (TPSA) is 105 Å². The number of hydrogen-bond donors (Lipinski definition) is 0. The molecule has 0 unspecified atom stereocenters. The van der Waals surface area contributed by atoms with Crippen LogP contribution in [0.15, 0.2) is 5.11 Å². The van der Waals surface area contributed by atoms with E-state index in [0.29, 0.717) is 30.7 Å². The van der Waals surface area contributed by atoms with Gasteiger partial charge in [-0.25, -0.2) is 14.5 Å². The van der Waals surface area contributed by atoms with Crippen molar-refractivity contribution in [2.24, 2.45) is 5.11 Å². The van der Waals surface area contributed by atoms with Crippen molar-refractivity contribution in [2.45, 2.75) is 78.4 Å². The number of amides is 2. The molecule has 0 fully saturated rings. The second kappa shape index (κ2) is 10.0. The molecule has 0 aliphatic rings. The maximum absolute atomic E-state index is 12.4. The highest BCUT2D eigenvalue weighted by Crippen LogP contribution is 2.15. The summed E-state index contributed by atoms with van der Waals surface area (Å²) in [5.41, 5.74) is 6.45. The molecule has 8 heteroatoms. The van der Waals surface area contributed by atoms with Gasteiger partial charge in [-0.15, -0.1) is 0 Å². The van der Waals surface area contributed by atoms with Gasteiger partial charge in [0.25, 0.3) is 0 Å². The van der Waals surface area contributed by atoms with E-state index < -0.39 is 29.9 Å². The minimum absolute atomic E-state index is 0.0816. The Morgan fingerprint density at radius 2 is 1.46 bits per heavy atom. The fraction of sp³-hybridized carbons (Fsp3) is 0.875. The van der Waals surface area contributed by atoms with E-state index in [1.807, 2.05) is 0 Å². The van der Waals surface area contributed by atoms with Gasteiger partial charge in [0, 0.05) is 18.0 Å². The molecule has 0 N–H and O–H groups in total. The van der Waals surface area contributed by atoms with Gasteiger partial charge in [-0.1, -0.05) is 18.0 Å². The molecule has 0 saturated heterocycles. The zero-order chi connectivity index (χ0) is 20.6. The molecule has 0 aliphatic heterocycles. The van der Waals surface area contributed by atoms with Crippen LogP contribution >= 0.6 is 0 Å². The Balaban J connectivity index is 5.18. The lowest BCUT2D eigenvalue weighted by Gasteiger charge is -2.28. The summed E-state index contributed by atoms with van der Waals surface area (Å²) in [6.07, 6.45) is -0.678. The Labute approximate surface area is 146 Å². The molecular weight excluding hydrogens is 312 g/mol. The molecule has 8 nitrogen and oxygen atoms in total. The van der Waals surface area contributed by atoms with Crippen LogP contribution in [0.4, 0.5) is 9.59 Å². The minimum Gasteiger partial charge on any atom is -0.443 e. The first-order chi connectivity index (χ1) is 11.7. The van der Waals surface area contributed by atoms with Crippen molar-refractivity contribution >= 4 is 12.2 Å². The summed E-state index contributed by atoms with van der Waals surface area (Å²) in [7, 11) is 0. The van der Waals surface area contributed by atoms with Gasteiger partial charge >= 0.3 is 12.2 Å². The van der Waals surface area contributed by atoms with Crippen molar-refractivity contribution in [3.05, 3.63) is 10.4 Å². The van der Waals surface area contributed by atoms with Crippen LogP contribution in [0.2, 0.25) is 0 Å². The number of unbranched alkanes of at least 4 members (excludes halogenated alkanes) is 2. The SMILES string of the molecule is [2H]C([2H])(CCCCCN=[N+]=[N-])N(C(=O)OC(C)(C)C)C(=O)OC(C)(C)C. The van der Waals surface area contributed by atoms with Gasteiger partial charge in [0.2, 0.25) is 0 Å². The van der Waals surface area contributed by atoms with Gasteiger partial charge in [0.05, 0.1) is 2.74 Å². The van der Waals surface area contributed by atoms with Gasteiger partial charge < -0.3 is 9.47 Å². The lowest BCUT2D eigenvalue weighted by Crippen LogP contribution is -2.44. The van der Waals surface area contributed by atoms with Crippen LogP contribution in [0.25, 0.3) is 10.4 Å². The van der Waals surface area contributed by atoms with Crippen LogP contribution in [0.5, 0.6) is 0 Å². The van der Waals surface area contributed by atoms with Crippen LogP contribution in [-0.2, 0) is 9.47 Å². The van der Waals surface area contributed by atoms with E-state index in [2.05, 4.69) is 10.0 Å². The standard InChI is InChI=1S/C16H30N4O4/c1-15(2,3)23-13(21)20(14(22)24-16(4,5)6)12-10-8-7-9-11-18-19-17/h7-12H2,1-6H3/i12D2. The van der Waals surface area contributed by atoms with E-state index in [1.165, 1.54) is 0 Å². The monoisotopic (exact) mass is 344 g/mol. The second-order valence-corrected chi connectivity index (χ2v) is 7.22. The number of ether oxygens (including phenoxy) is 2. The second-order valence-electron chi connectivity index (χ2n) is 7.22. The summed E-state index contributed by atoms with van der Waals surface area (Å²) in [5.74, 6) is 0. The van der Waals surface area contributed by atoms with Crippen molar-refractivity contribution in [3.63, 3.8) is 0 Å². The number of nitrogens with zero attached hydrogens (tertiary/aromatic N) is 4. The lowest BCUT2D eigenvalue weighted by molar-refractivity contribution is 0.00119. The van der Waals surface area contributed by atoms with Crippen LogP contribution in [0, 0.1) is 0 Å². The average molecular weight is 344 g/mol. The van der Waals surface area contributed by atoms with Crippen LogP contribution < -0.4 is 0 Å². The van der Waals surface area contributed by atoms with E-state index in [1.54, 1.807) is 41.5 Å². The molecule has 0 spiro atoms. The number of azide groups is 1. The Hall–Kier alpha value is -1.95. The first-order valence-corrected chi connectivity index (χ1v) is 7.97. The smallest absolute Gasteiger partial charge is 0.419 e. The number of imide groups is 1. The highest BCUT2D eigenvalue weighted by atomic mass is 16.6. The molecule has 0 radical (unpaired) electrons. The third kappa shape index (κ3) is 11.6. The molecule has 0 aliphatic carbocycles. The Morgan fingerprint density at radius 3 is 1.88 bits per heavy atom. The molecule has 2 amide bonds. The first kappa shape index (κ1) is 18.4. The van der Waals surface area contributed by atoms with E-state index in [4.69, 9.17) is 17.7 Å². The first-order valence-electron chi connectivity index (χ1n) is 8.97. The van der Waals surface area contributed by atoms with Crippen molar-refractivity contribution in [3.8, 4) is 0 Å². The normalized spacial score (nSPS) is 13.2. The largest absolute Gasteiger partial charge is 0.443 e. The maximum Gasteiger partial charge on any atom is 0.419 e. The highest BCUT2D eigenvalue weighted by Gasteiger charge is 2.30. The zero-order valence-corrected chi connectivity index (χ0v) is 15.5. The molecule has 0 aromatic rings. The van der Waals surface area contributed by atoms with Gasteiger partial charge in [-0.3, -0.25) is 0 Å². The molecule has 138 valence electrons. The maximum atomic E-state index is 12.4. The van der Waals surface area contributed by atoms with Crippen molar-refractivity contribution in [2.75, 3.05) is 13.0 Å². The predicted molar refractivity (Wildman–Crippen MR) is 91.7 cm³/mol. The Bertz CT molecular complexity index is 507. The highest BCUT2D eigenvalue weighted by molar-refractivity contribution is 5.88. The molecule has 0 saturated carbocycles. The zero-order valence-electron chi connectivity index (χ0n) is 17.5. The van der Waals surface area contributed by atoms with Crippen molar-refractivity contribution in [1.29, 1.82) is 0 Å². The Morgan fingerprint density at radius 1 is 1.00 bits per heavy atom. The van der Waals surface area contributed by atoms with E-state index in [0.717, 1.165) is 0 Å². The number of rotatable bonds is 7. The predicted octanol–water partition coefficient (Wildman–Crippen LogP) is 5.03. The molecule has 0 aromatic heterocycles. The van der Waals surface area contributed by atoms with E-state index in [9.17, 15) is 9.59 Å². The number of carbonyl (C=O) groups is 2. The van der Waals surface area contributed by atoms with Crippen LogP contribution in [0.1, 0.15) is 70.0 Å². The molecule has 0 heterocycles. The van der Waals surface area contributed by atoms with E-state index >= 15 is 0 Å². The number of carbonyl (C=O) groups excluding carboxylic acids is 2. The summed E-state index contributed by atoms with van der Waals surface area (Å²) >= 11 is 0. The summed E-state index contributed by atoms with van der Waals surface area (Å²) < 4.78 is 26.7. The third-order valence-electron chi connectivity index (χ3n) is 2.42. The van der Waals surface area contributed by atoms with Gasteiger partial charge in [0.1, 0.15) is 11.2 Å². The van der Waals surface area contributed by atoms with Crippen molar-refractivity contribution < 1.29 is 21.8 Å². The molecule has 0 rings (SSSR count). The molecule has 24 heavy (non-hydrogen) atoms. The molecule has 0 atom stereocenters. The summed E-state index contributed by atoms with van der Waals surface area (Å²) in [5, 5.41) is 3.41. The fourth-order valence-corrected chi connectivity index (χ4v) is 1.54. The average Bonchev–Trinajstić information content (AvgIpc) is 2.38. The molecular formula is C16H30N4O4. The van der Waals surface area contributed by atoms with Crippen LogP contribution in [0.3, 0.4) is 0 Å². The van der Waals surface area contributed by atoms with Gasteiger partial charge in [-0.2, -0.15) is 0 Å². The summed E-state index contributed by atoms with van der Waals surface area (Å²) in [6.45, 7) is 7.82. The summed E-state index contributed by atoms with van der Waals surface area (Å²) in [4.78, 5) is 27.9. The quantitative estimate of drug-likeness (QED) is 0.279. The number of hydrogen-bond acceptors (Lipinski definition) is 5. The minimum atomic E-state index is -2.27. The van der Waals surface area contributed by atoms with Gasteiger partial charge in [0.15, 0.2) is 0 Å². The van der Waals surface area contributed by atoms with Crippen LogP contribution in [-0.4, -0.2) is 41.3 Å². The fourth-order valence-electron chi connectivity index (χ4n) is 1.54. The van der Waals surface area contributed by atoms with E-state index in [-0.39, 0.29) is 6.42 Å². The summed E-state index contributed by atoms with van der Waals surface area (Å²) in [6, 6.07) is 0. The lowest BCUT2D eigenvalue weighted by atomic mass is 10.2. The van der Waals surface area contributed by atoms with Crippen molar-refractivity contribution in [1.82, 2.24) is 4.90 Å².